The summed E-state index contributed by atoms with van der Waals surface area (Å²) >= 11 is 4.59. The van der Waals surface area contributed by atoms with Gasteiger partial charge in [-0.25, -0.2) is 13.1 Å². The highest BCUT2D eigenvalue weighted by Crippen LogP contribution is 2.32. The topological polar surface area (TPSA) is 85.1 Å². The van der Waals surface area contributed by atoms with Gasteiger partial charge in [0.25, 0.3) is 0 Å². The molecule has 8 heteroatoms. The van der Waals surface area contributed by atoms with Crippen LogP contribution in [0.25, 0.3) is 0 Å². The molecular weight excluding hydrogens is 362 g/mol. The Hall–Kier alpha value is -0.800. The lowest BCUT2D eigenvalue weighted by atomic mass is 10.2. The highest BCUT2D eigenvalue weighted by Gasteiger charge is 2.23. The molecule has 1 unspecified atom stereocenters. The summed E-state index contributed by atoms with van der Waals surface area (Å²) in [5.74, 6) is 0. The Balaban J connectivity index is 2.25. The van der Waals surface area contributed by atoms with E-state index in [1.807, 2.05) is 6.07 Å². The van der Waals surface area contributed by atoms with Gasteiger partial charge in [-0.15, -0.1) is 11.3 Å². The quantitative estimate of drug-likeness (QED) is 0.839. The first kappa shape index (κ1) is 15.6. The molecule has 0 aliphatic heterocycles. The van der Waals surface area contributed by atoms with Crippen molar-refractivity contribution in [2.45, 2.75) is 24.4 Å². The van der Waals surface area contributed by atoms with Crippen molar-refractivity contribution < 1.29 is 8.42 Å². The van der Waals surface area contributed by atoms with E-state index in [4.69, 9.17) is 5.73 Å². The van der Waals surface area contributed by atoms with E-state index in [0.29, 0.717) is 16.0 Å². The van der Waals surface area contributed by atoms with Gasteiger partial charge in [0, 0.05) is 17.6 Å². The van der Waals surface area contributed by atoms with Crippen LogP contribution < -0.4 is 10.5 Å². The molecule has 1 atom stereocenters. The minimum absolute atomic E-state index is 0.214. The van der Waals surface area contributed by atoms with E-state index in [0.717, 1.165) is 4.88 Å². The van der Waals surface area contributed by atoms with Crippen LogP contribution in [0.3, 0.4) is 0 Å². The lowest BCUT2D eigenvalue weighted by molar-refractivity contribution is 0.564. The van der Waals surface area contributed by atoms with Gasteiger partial charge < -0.3 is 5.73 Å². The van der Waals surface area contributed by atoms with Gasteiger partial charge in [0.2, 0.25) is 10.0 Å². The average molecular weight is 376 g/mol. The predicted octanol–water partition coefficient (Wildman–Crippen LogP) is 2.40. The van der Waals surface area contributed by atoms with E-state index in [-0.39, 0.29) is 4.90 Å². The fourth-order valence-electron chi connectivity index (χ4n) is 1.67. The first-order chi connectivity index (χ1) is 9.44. The number of rotatable bonds is 5. The van der Waals surface area contributed by atoms with Gasteiger partial charge in [-0.3, -0.25) is 4.98 Å². The molecule has 0 saturated carbocycles. The Morgan fingerprint density at radius 1 is 1.50 bits per heavy atom. The second kappa shape index (κ2) is 6.31. The highest BCUT2D eigenvalue weighted by molar-refractivity contribution is 9.11. The maximum atomic E-state index is 12.4. The normalized spacial score (nSPS) is 13.3. The Morgan fingerprint density at radius 2 is 2.25 bits per heavy atom. The van der Waals surface area contributed by atoms with Gasteiger partial charge in [0.15, 0.2) is 0 Å². The molecule has 0 bridgehead atoms. The molecule has 0 amide bonds. The zero-order valence-corrected chi connectivity index (χ0v) is 13.9. The van der Waals surface area contributed by atoms with Gasteiger partial charge in [0.05, 0.1) is 15.5 Å². The molecule has 2 heterocycles. The second-order valence-electron chi connectivity index (χ2n) is 4.15. The molecule has 108 valence electrons. The number of pyridine rings is 1. The Labute approximate surface area is 130 Å². The van der Waals surface area contributed by atoms with Crippen molar-refractivity contribution in [2.24, 2.45) is 5.73 Å². The van der Waals surface area contributed by atoms with Gasteiger partial charge in [-0.2, -0.15) is 0 Å². The van der Waals surface area contributed by atoms with Crippen molar-refractivity contribution in [3.05, 3.63) is 44.8 Å². The third-order valence-corrected chi connectivity index (χ3v) is 6.48. The molecule has 0 aliphatic rings. The number of sulfonamides is 1. The van der Waals surface area contributed by atoms with Crippen molar-refractivity contribution in [1.29, 1.82) is 0 Å². The van der Waals surface area contributed by atoms with Crippen LogP contribution in [0.1, 0.15) is 23.5 Å². The van der Waals surface area contributed by atoms with Gasteiger partial charge in [0.1, 0.15) is 4.90 Å². The lowest BCUT2D eigenvalue weighted by Crippen LogP contribution is -2.27. The zero-order valence-electron chi connectivity index (χ0n) is 10.7. The molecule has 0 spiro atoms. The maximum absolute atomic E-state index is 12.4. The van der Waals surface area contributed by atoms with Crippen LogP contribution in [0.5, 0.6) is 0 Å². The highest BCUT2D eigenvalue weighted by atomic mass is 79.9. The number of aromatic nitrogens is 1. The molecular formula is C12H14BrN3O2S2. The fourth-order valence-corrected chi connectivity index (χ4v) is 5.45. The zero-order chi connectivity index (χ0) is 14.8. The maximum Gasteiger partial charge on any atom is 0.243 e. The molecule has 3 N–H and O–H groups in total. The summed E-state index contributed by atoms with van der Waals surface area (Å²) in [5.41, 5.74) is 6.20. The SMILES string of the molecule is CC(NS(=O)(=O)c1cc(CN)sc1Br)c1ccccn1. The fraction of sp³-hybridized carbons (Fsp3) is 0.250. The number of hydrogen-bond acceptors (Lipinski definition) is 5. The van der Waals surface area contributed by atoms with Gasteiger partial charge >= 0.3 is 0 Å². The first-order valence-corrected chi connectivity index (χ1v) is 8.95. The monoisotopic (exact) mass is 375 g/mol. The van der Waals surface area contributed by atoms with Crippen molar-refractivity contribution in [2.75, 3.05) is 0 Å². The van der Waals surface area contributed by atoms with Crippen LogP contribution in [0, 0.1) is 0 Å². The smallest absolute Gasteiger partial charge is 0.243 e. The minimum Gasteiger partial charge on any atom is -0.326 e. The largest absolute Gasteiger partial charge is 0.326 e. The van der Waals surface area contributed by atoms with Gasteiger partial charge in [-0.1, -0.05) is 6.07 Å². The third-order valence-electron chi connectivity index (χ3n) is 2.66. The molecule has 2 aromatic rings. The molecule has 2 rings (SSSR count). The summed E-state index contributed by atoms with van der Waals surface area (Å²) in [7, 11) is -3.61. The Kier molecular flexibility index (Phi) is 4.92. The van der Waals surface area contributed by atoms with Gasteiger partial charge in [-0.05, 0) is 41.1 Å². The molecule has 0 aromatic carbocycles. The van der Waals surface area contributed by atoms with Crippen LogP contribution in [-0.2, 0) is 16.6 Å². The summed E-state index contributed by atoms with van der Waals surface area (Å²) < 4.78 is 27.9. The summed E-state index contributed by atoms with van der Waals surface area (Å²) in [6.07, 6.45) is 1.63. The van der Waals surface area contributed by atoms with Crippen molar-refractivity contribution in [3.8, 4) is 0 Å². The Morgan fingerprint density at radius 3 is 2.80 bits per heavy atom. The van der Waals surface area contributed by atoms with Crippen molar-refractivity contribution >= 4 is 37.3 Å². The molecule has 5 nitrogen and oxygen atoms in total. The van der Waals surface area contributed by atoms with E-state index in [1.165, 1.54) is 11.3 Å². The standard InChI is InChI=1S/C12H14BrN3O2S2/c1-8(10-4-2-3-5-15-10)16-20(17,18)11-6-9(7-14)19-12(11)13/h2-6,8,16H,7,14H2,1H3. The number of hydrogen-bond donors (Lipinski definition) is 2. The Bertz CT molecular complexity index is 686. The lowest BCUT2D eigenvalue weighted by Gasteiger charge is -2.13. The summed E-state index contributed by atoms with van der Waals surface area (Å²) in [5, 5.41) is 0. The van der Waals surface area contributed by atoms with E-state index >= 15 is 0 Å². The number of nitrogens with two attached hydrogens (primary N) is 1. The van der Waals surface area contributed by atoms with E-state index in [2.05, 4.69) is 25.6 Å². The van der Waals surface area contributed by atoms with Crippen LogP contribution in [0.4, 0.5) is 0 Å². The van der Waals surface area contributed by atoms with E-state index in [1.54, 1.807) is 31.3 Å². The van der Waals surface area contributed by atoms with E-state index < -0.39 is 16.1 Å². The molecule has 20 heavy (non-hydrogen) atoms. The third kappa shape index (κ3) is 3.44. The van der Waals surface area contributed by atoms with Crippen LogP contribution >= 0.6 is 27.3 Å². The van der Waals surface area contributed by atoms with E-state index in [9.17, 15) is 8.42 Å². The predicted molar refractivity (Wildman–Crippen MR) is 82.9 cm³/mol. The average Bonchev–Trinajstić information content (AvgIpc) is 2.81. The summed E-state index contributed by atoms with van der Waals surface area (Å²) in [4.78, 5) is 5.17. The van der Waals surface area contributed by atoms with Crippen LogP contribution in [-0.4, -0.2) is 13.4 Å². The van der Waals surface area contributed by atoms with Crippen molar-refractivity contribution in [3.63, 3.8) is 0 Å². The molecule has 0 aliphatic carbocycles. The number of thiophene rings is 1. The minimum atomic E-state index is -3.61. The van der Waals surface area contributed by atoms with Crippen LogP contribution in [0.15, 0.2) is 39.1 Å². The second-order valence-corrected chi connectivity index (χ2v) is 8.29. The molecule has 0 fully saturated rings. The van der Waals surface area contributed by atoms with Crippen LogP contribution in [0.2, 0.25) is 0 Å². The van der Waals surface area contributed by atoms with Crippen molar-refractivity contribution in [1.82, 2.24) is 9.71 Å². The first-order valence-electron chi connectivity index (χ1n) is 5.85. The molecule has 2 aromatic heterocycles. The number of halogens is 1. The molecule has 0 radical (unpaired) electrons. The summed E-state index contributed by atoms with van der Waals surface area (Å²) in [6, 6.07) is 6.56. The number of nitrogens with one attached hydrogen (secondary N) is 1. The summed E-state index contributed by atoms with van der Waals surface area (Å²) in [6.45, 7) is 2.07. The number of nitrogens with zero attached hydrogens (tertiary/aromatic N) is 1. The molecule has 0 saturated heterocycles.